The largest absolute Gasteiger partial charge is 0.363 e. The quantitative estimate of drug-likeness (QED) is 0.669. The highest BCUT2D eigenvalue weighted by atomic mass is 32.2. The summed E-state index contributed by atoms with van der Waals surface area (Å²) in [7, 11) is -3.51. The van der Waals surface area contributed by atoms with Crippen LogP contribution in [0, 0.1) is 0 Å². The standard InChI is InChI=1S/C13H21N5O2S/c1-3-14-7-12-6-13(8-16-12)21(19,20)17-11(2)9-18-5-4-15-10-18/h4-6,8,10-11,14,16-17H,3,7,9H2,1-2H3. The molecule has 7 nitrogen and oxygen atoms in total. The number of rotatable bonds is 8. The molecule has 0 fully saturated rings. The molecule has 1 unspecified atom stereocenters. The Hall–Kier alpha value is -1.64. The van der Waals surface area contributed by atoms with Crippen molar-refractivity contribution < 1.29 is 8.42 Å². The maximum Gasteiger partial charge on any atom is 0.242 e. The smallest absolute Gasteiger partial charge is 0.242 e. The zero-order valence-electron chi connectivity index (χ0n) is 12.2. The molecule has 1 atom stereocenters. The highest BCUT2D eigenvalue weighted by Gasteiger charge is 2.19. The Morgan fingerprint density at radius 3 is 2.95 bits per heavy atom. The van der Waals surface area contributed by atoms with Gasteiger partial charge in [0.15, 0.2) is 0 Å². The van der Waals surface area contributed by atoms with E-state index >= 15 is 0 Å². The second-order valence-electron chi connectivity index (χ2n) is 4.92. The lowest BCUT2D eigenvalue weighted by molar-refractivity contribution is 0.520. The highest BCUT2D eigenvalue weighted by Crippen LogP contribution is 2.11. The fraction of sp³-hybridized carbons (Fsp3) is 0.462. The van der Waals surface area contributed by atoms with E-state index in [-0.39, 0.29) is 10.9 Å². The minimum absolute atomic E-state index is 0.226. The summed E-state index contributed by atoms with van der Waals surface area (Å²) in [6, 6.07) is 1.42. The van der Waals surface area contributed by atoms with Crippen LogP contribution < -0.4 is 10.0 Å². The first-order chi connectivity index (χ1) is 10.0. The van der Waals surface area contributed by atoms with Crippen LogP contribution in [0.3, 0.4) is 0 Å². The van der Waals surface area contributed by atoms with Gasteiger partial charge in [-0.1, -0.05) is 6.92 Å². The lowest BCUT2D eigenvalue weighted by atomic mass is 10.4. The second-order valence-corrected chi connectivity index (χ2v) is 6.64. The zero-order chi connectivity index (χ0) is 15.3. The third-order valence-corrected chi connectivity index (χ3v) is 4.56. The number of hydrogen-bond acceptors (Lipinski definition) is 4. The van der Waals surface area contributed by atoms with Gasteiger partial charge in [0.1, 0.15) is 0 Å². The van der Waals surface area contributed by atoms with Crippen LogP contribution >= 0.6 is 0 Å². The summed E-state index contributed by atoms with van der Waals surface area (Å²) >= 11 is 0. The van der Waals surface area contributed by atoms with E-state index in [0.717, 1.165) is 12.2 Å². The van der Waals surface area contributed by atoms with Crippen molar-refractivity contribution in [1.82, 2.24) is 24.6 Å². The maximum atomic E-state index is 12.3. The van der Waals surface area contributed by atoms with E-state index in [1.165, 1.54) is 6.20 Å². The first-order valence-electron chi connectivity index (χ1n) is 6.87. The van der Waals surface area contributed by atoms with Gasteiger partial charge in [-0.15, -0.1) is 0 Å². The van der Waals surface area contributed by atoms with Gasteiger partial charge >= 0.3 is 0 Å². The molecule has 0 spiro atoms. The Morgan fingerprint density at radius 1 is 1.48 bits per heavy atom. The van der Waals surface area contributed by atoms with Gasteiger partial charge < -0.3 is 14.9 Å². The van der Waals surface area contributed by atoms with Gasteiger partial charge in [0, 0.05) is 43.4 Å². The predicted molar refractivity (Wildman–Crippen MR) is 80.2 cm³/mol. The molecule has 21 heavy (non-hydrogen) atoms. The number of hydrogen-bond donors (Lipinski definition) is 3. The molecule has 0 radical (unpaired) electrons. The van der Waals surface area contributed by atoms with Crippen LogP contribution in [0.15, 0.2) is 35.9 Å². The summed E-state index contributed by atoms with van der Waals surface area (Å²) in [6.07, 6.45) is 6.64. The monoisotopic (exact) mass is 311 g/mol. The van der Waals surface area contributed by atoms with E-state index < -0.39 is 10.0 Å². The lowest BCUT2D eigenvalue weighted by Crippen LogP contribution is -2.35. The van der Waals surface area contributed by atoms with Crippen LogP contribution in [-0.4, -0.2) is 35.5 Å². The van der Waals surface area contributed by atoms with Gasteiger partial charge in [0.05, 0.1) is 11.2 Å². The average molecular weight is 311 g/mol. The van der Waals surface area contributed by atoms with E-state index in [4.69, 9.17) is 0 Å². The summed E-state index contributed by atoms with van der Waals surface area (Å²) in [5.41, 5.74) is 0.847. The topological polar surface area (TPSA) is 91.8 Å². The number of sulfonamides is 1. The van der Waals surface area contributed by atoms with Crippen LogP contribution in [0.5, 0.6) is 0 Å². The first-order valence-corrected chi connectivity index (χ1v) is 8.35. The van der Waals surface area contributed by atoms with Crippen molar-refractivity contribution in [2.45, 2.75) is 37.9 Å². The number of nitrogens with zero attached hydrogens (tertiary/aromatic N) is 2. The summed E-state index contributed by atoms with van der Waals surface area (Å²) in [5, 5.41) is 3.14. The minimum Gasteiger partial charge on any atom is -0.363 e. The molecule has 0 aliphatic carbocycles. The fourth-order valence-electron chi connectivity index (χ4n) is 2.02. The van der Waals surface area contributed by atoms with Gasteiger partial charge in [-0.25, -0.2) is 18.1 Å². The van der Waals surface area contributed by atoms with Gasteiger partial charge in [0.2, 0.25) is 10.0 Å². The SMILES string of the molecule is CCNCc1cc(S(=O)(=O)NC(C)Cn2ccnc2)c[nH]1. The molecule has 2 aromatic rings. The van der Waals surface area contributed by atoms with Gasteiger partial charge in [-0.05, 0) is 19.5 Å². The number of aromatic nitrogens is 3. The van der Waals surface area contributed by atoms with Crippen molar-refractivity contribution in [2.75, 3.05) is 6.54 Å². The van der Waals surface area contributed by atoms with Crippen molar-refractivity contribution in [3.05, 3.63) is 36.7 Å². The number of H-pyrrole nitrogens is 1. The third kappa shape index (κ3) is 4.42. The predicted octanol–water partition coefficient (Wildman–Crippen LogP) is 0.688. The number of nitrogens with one attached hydrogen (secondary N) is 3. The van der Waals surface area contributed by atoms with Crippen LogP contribution in [0.4, 0.5) is 0 Å². The number of aromatic amines is 1. The molecule has 2 aromatic heterocycles. The minimum atomic E-state index is -3.51. The van der Waals surface area contributed by atoms with E-state index in [1.54, 1.807) is 24.8 Å². The Morgan fingerprint density at radius 2 is 2.29 bits per heavy atom. The maximum absolute atomic E-state index is 12.3. The van der Waals surface area contributed by atoms with Crippen LogP contribution in [0.25, 0.3) is 0 Å². The highest BCUT2D eigenvalue weighted by molar-refractivity contribution is 7.89. The summed E-state index contributed by atoms with van der Waals surface area (Å²) in [5.74, 6) is 0. The van der Waals surface area contributed by atoms with E-state index in [1.807, 2.05) is 18.4 Å². The molecule has 0 amide bonds. The Labute approximate surface area is 124 Å². The fourth-order valence-corrected chi connectivity index (χ4v) is 3.27. The molecule has 8 heteroatoms. The molecule has 0 saturated carbocycles. The summed E-state index contributed by atoms with van der Waals surface area (Å²) in [4.78, 5) is 7.16. The molecule has 0 aromatic carbocycles. The molecule has 2 heterocycles. The lowest BCUT2D eigenvalue weighted by Gasteiger charge is -2.13. The Balaban J connectivity index is 1.98. The molecule has 0 aliphatic heterocycles. The molecule has 0 saturated heterocycles. The van der Waals surface area contributed by atoms with Crippen molar-refractivity contribution >= 4 is 10.0 Å². The second kappa shape index (κ2) is 6.88. The van der Waals surface area contributed by atoms with Crippen molar-refractivity contribution in [2.24, 2.45) is 0 Å². The van der Waals surface area contributed by atoms with Crippen molar-refractivity contribution in [1.29, 1.82) is 0 Å². The van der Waals surface area contributed by atoms with Crippen molar-refractivity contribution in [3.8, 4) is 0 Å². The molecular formula is C13H21N5O2S. The molecule has 116 valence electrons. The molecule has 0 aliphatic rings. The van der Waals surface area contributed by atoms with Gasteiger partial charge in [-0.3, -0.25) is 0 Å². The third-order valence-electron chi connectivity index (χ3n) is 2.99. The summed E-state index contributed by atoms with van der Waals surface area (Å²) in [6.45, 7) is 5.81. The average Bonchev–Trinajstić information content (AvgIpc) is 3.06. The first kappa shape index (κ1) is 15.7. The molecule has 2 rings (SSSR count). The molecule has 0 bridgehead atoms. The van der Waals surface area contributed by atoms with E-state index in [9.17, 15) is 8.42 Å². The van der Waals surface area contributed by atoms with Crippen LogP contribution in [0.1, 0.15) is 19.5 Å². The number of imidazole rings is 1. The van der Waals surface area contributed by atoms with E-state index in [0.29, 0.717) is 13.1 Å². The Kier molecular flexibility index (Phi) is 5.16. The zero-order valence-corrected chi connectivity index (χ0v) is 13.0. The Bertz CT molecular complexity index is 648. The summed E-state index contributed by atoms with van der Waals surface area (Å²) < 4.78 is 29.1. The van der Waals surface area contributed by atoms with Crippen LogP contribution in [0.2, 0.25) is 0 Å². The van der Waals surface area contributed by atoms with Gasteiger partial charge in [0.25, 0.3) is 0 Å². The molecule has 3 N–H and O–H groups in total. The van der Waals surface area contributed by atoms with Crippen molar-refractivity contribution in [3.63, 3.8) is 0 Å². The van der Waals surface area contributed by atoms with Gasteiger partial charge in [-0.2, -0.15) is 0 Å². The molecular weight excluding hydrogens is 290 g/mol. The normalized spacial score (nSPS) is 13.4. The van der Waals surface area contributed by atoms with E-state index in [2.05, 4.69) is 20.0 Å². The van der Waals surface area contributed by atoms with Crippen LogP contribution in [-0.2, 0) is 23.1 Å².